The molecule has 0 unspecified atom stereocenters. The Labute approximate surface area is 112 Å². The van der Waals surface area contributed by atoms with E-state index in [4.69, 9.17) is 0 Å². The van der Waals surface area contributed by atoms with Crippen LogP contribution in [0.5, 0.6) is 0 Å². The molecule has 0 amide bonds. The molecule has 2 aliphatic rings. The molecule has 0 spiro atoms. The summed E-state index contributed by atoms with van der Waals surface area (Å²) in [6, 6.07) is 0.696. The quantitative estimate of drug-likeness (QED) is 0.761. The molecule has 3 nitrogen and oxygen atoms in total. The van der Waals surface area contributed by atoms with Crippen LogP contribution in [0.25, 0.3) is 0 Å². The third-order valence-corrected chi connectivity index (χ3v) is 5.13. The van der Waals surface area contributed by atoms with Gasteiger partial charge in [-0.1, -0.05) is 19.3 Å². The van der Waals surface area contributed by atoms with Gasteiger partial charge in [0.05, 0.1) is 5.60 Å². The smallest absolute Gasteiger partial charge is 0.0772 e. The molecule has 0 radical (unpaired) electrons. The third kappa shape index (κ3) is 3.69. The first kappa shape index (κ1) is 14.3. The first-order valence-corrected chi connectivity index (χ1v) is 7.70. The van der Waals surface area contributed by atoms with Gasteiger partial charge in [-0.3, -0.25) is 0 Å². The number of nitrogens with one attached hydrogen (secondary N) is 1. The maximum Gasteiger partial charge on any atom is 0.0772 e. The minimum absolute atomic E-state index is 0.444. The van der Waals surface area contributed by atoms with Gasteiger partial charge < -0.3 is 15.3 Å². The van der Waals surface area contributed by atoms with E-state index in [2.05, 4.69) is 17.3 Å². The summed E-state index contributed by atoms with van der Waals surface area (Å²) in [6.45, 7) is 1.99. The molecule has 0 atom stereocenters. The fourth-order valence-electron chi connectivity index (χ4n) is 3.44. The molecule has 106 valence electrons. The Morgan fingerprint density at radius 3 is 2.39 bits per heavy atom. The van der Waals surface area contributed by atoms with Gasteiger partial charge in [-0.05, 0) is 58.7 Å². The molecule has 2 aliphatic carbocycles. The summed E-state index contributed by atoms with van der Waals surface area (Å²) in [6.07, 6.45) is 9.96. The fraction of sp³-hybridized carbons (Fsp3) is 1.00. The zero-order valence-corrected chi connectivity index (χ0v) is 12.1. The molecule has 18 heavy (non-hydrogen) atoms. The van der Waals surface area contributed by atoms with Crippen molar-refractivity contribution < 1.29 is 5.11 Å². The molecule has 0 aromatic carbocycles. The summed E-state index contributed by atoms with van der Waals surface area (Å²) in [5.41, 5.74) is -0.444. The average molecular weight is 254 g/mol. The van der Waals surface area contributed by atoms with Gasteiger partial charge in [-0.25, -0.2) is 0 Å². The normalized spacial score (nSPS) is 33.7. The van der Waals surface area contributed by atoms with Crippen molar-refractivity contribution in [2.24, 2.45) is 5.92 Å². The van der Waals surface area contributed by atoms with Crippen molar-refractivity contribution in [1.82, 2.24) is 10.2 Å². The molecule has 2 fully saturated rings. The zero-order chi connectivity index (χ0) is 13.0. The van der Waals surface area contributed by atoms with Crippen LogP contribution in [0.2, 0.25) is 0 Å². The van der Waals surface area contributed by atoms with Crippen LogP contribution in [0.1, 0.15) is 51.4 Å². The van der Waals surface area contributed by atoms with Crippen LogP contribution in [-0.2, 0) is 0 Å². The van der Waals surface area contributed by atoms with Crippen LogP contribution in [0.15, 0.2) is 0 Å². The minimum Gasteiger partial charge on any atom is -0.389 e. The number of hydrogen-bond donors (Lipinski definition) is 2. The standard InChI is InChI=1S/C15H30N2O/c1-16-12-15(18)9-6-14(7-10-15)17(2)11-8-13-4-3-5-13/h13-14,16,18H,3-12H2,1-2H3. The minimum atomic E-state index is -0.444. The molecule has 2 rings (SSSR count). The van der Waals surface area contributed by atoms with Crippen LogP contribution < -0.4 is 5.32 Å². The van der Waals surface area contributed by atoms with Crippen molar-refractivity contribution >= 4 is 0 Å². The van der Waals surface area contributed by atoms with E-state index >= 15 is 0 Å². The second kappa shape index (κ2) is 6.36. The number of nitrogens with zero attached hydrogens (tertiary/aromatic N) is 1. The van der Waals surface area contributed by atoms with Crippen LogP contribution in [0, 0.1) is 5.92 Å². The molecule has 0 aromatic heterocycles. The van der Waals surface area contributed by atoms with Gasteiger partial charge in [-0.2, -0.15) is 0 Å². The van der Waals surface area contributed by atoms with Gasteiger partial charge in [-0.15, -0.1) is 0 Å². The highest BCUT2D eigenvalue weighted by atomic mass is 16.3. The second-order valence-corrected chi connectivity index (χ2v) is 6.55. The Balaban J connectivity index is 1.67. The Morgan fingerprint density at radius 1 is 1.22 bits per heavy atom. The Kier molecular flexibility index (Phi) is 5.05. The molecule has 3 heteroatoms. The number of rotatable bonds is 6. The van der Waals surface area contributed by atoms with Crippen molar-refractivity contribution in [2.45, 2.75) is 63.0 Å². The highest BCUT2D eigenvalue weighted by Gasteiger charge is 2.33. The molecular weight excluding hydrogens is 224 g/mol. The lowest BCUT2D eigenvalue weighted by Crippen LogP contribution is -2.47. The Hall–Kier alpha value is -0.120. The lowest BCUT2D eigenvalue weighted by atomic mass is 9.80. The van der Waals surface area contributed by atoms with Gasteiger partial charge in [0.2, 0.25) is 0 Å². The molecule has 2 saturated carbocycles. The lowest BCUT2D eigenvalue weighted by molar-refractivity contribution is -0.0154. The first-order chi connectivity index (χ1) is 8.63. The van der Waals surface area contributed by atoms with E-state index in [1.54, 1.807) is 0 Å². The van der Waals surface area contributed by atoms with Crippen molar-refractivity contribution in [3.05, 3.63) is 0 Å². The summed E-state index contributed by atoms with van der Waals surface area (Å²) in [5.74, 6) is 1.01. The van der Waals surface area contributed by atoms with Gasteiger partial charge in [0.1, 0.15) is 0 Å². The topological polar surface area (TPSA) is 35.5 Å². The van der Waals surface area contributed by atoms with Crippen LogP contribution in [-0.4, -0.2) is 48.8 Å². The van der Waals surface area contributed by atoms with E-state index < -0.39 is 5.60 Å². The van der Waals surface area contributed by atoms with Gasteiger partial charge in [0.15, 0.2) is 0 Å². The SMILES string of the molecule is CNCC1(O)CCC(N(C)CCC2CCC2)CC1. The molecular formula is C15H30N2O. The van der Waals surface area contributed by atoms with E-state index in [9.17, 15) is 5.11 Å². The maximum absolute atomic E-state index is 10.4. The molecule has 0 bridgehead atoms. The summed E-state index contributed by atoms with van der Waals surface area (Å²) >= 11 is 0. The molecule has 0 aromatic rings. The van der Waals surface area contributed by atoms with Crippen LogP contribution in [0.3, 0.4) is 0 Å². The monoisotopic (exact) mass is 254 g/mol. The van der Waals surface area contributed by atoms with Gasteiger partial charge in [0, 0.05) is 12.6 Å². The third-order valence-electron chi connectivity index (χ3n) is 5.13. The van der Waals surface area contributed by atoms with E-state index in [1.807, 2.05) is 7.05 Å². The van der Waals surface area contributed by atoms with E-state index in [1.165, 1.54) is 32.2 Å². The fourth-order valence-corrected chi connectivity index (χ4v) is 3.44. The number of aliphatic hydroxyl groups is 1. The first-order valence-electron chi connectivity index (χ1n) is 7.70. The van der Waals surface area contributed by atoms with Gasteiger partial charge in [0.25, 0.3) is 0 Å². The Morgan fingerprint density at radius 2 is 1.89 bits per heavy atom. The van der Waals surface area contributed by atoms with Crippen LogP contribution >= 0.6 is 0 Å². The Bertz CT molecular complexity index is 245. The molecule has 0 saturated heterocycles. The van der Waals surface area contributed by atoms with E-state index in [0.29, 0.717) is 6.04 Å². The lowest BCUT2D eigenvalue weighted by Gasteiger charge is -2.40. The highest BCUT2D eigenvalue weighted by Crippen LogP contribution is 2.32. The van der Waals surface area contributed by atoms with Gasteiger partial charge >= 0.3 is 0 Å². The molecule has 0 heterocycles. The predicted octanol–water partition coefficient (Wildman–Crippen LogP) is 2.00. The van der Waals surface area contributed by atoms with E-state index in [-0.39, 0.29) is 0 Å². The van der Waals surface area contributed by atoms with Crippen molar-refractivity contribution in [2.75, 3.05) is 27.2 Å². The molecule has 0 aliphatic heterocycles. The number of hydrogen-bond acceptors (Lipinski definition) is 3. The summed E-state index contributed by atoms with van der Waals surface area (Å²) in [4.78, 5) is 2.54. The van der Waals surface area contributed by atoms with Crippen molar-refractivity contribution in [1.29, 1.82) is 0 Å². The van der Waals surface area contributed by atoms with Crippen molar-refractivity contribution in [3.8, 4) is 0 Å². The highest BCUT2D eigenvalue weighted by molar-refractivity contribution is 4.90. The van der Waals surface area contributed by atoms with Crippen LogP contribution in [0.4, 0.5) is 0 Å². The largest absolute Gasteiger partial charge is 0.389 e. The zero-order valence-electron chi connectivity index (χ0n) is 12.1. The maximum atomic E-state index is 10.4. The molecule has 2 N–H and O–H groups in total. The summed E-state index contributed by atoms with van der Waals surface area (Å²) < 4.78 is 0. The summed E-state index contributed by atoms with van der Waals surface area (Å²) in [5, 5.41) is 13.5. The number of likely N-dealkylation sites (N-methyl/N-ethyl adjacent to an activating group) is 1. The van der Waals surface area contributed by atoms with Crippen molar-refractivity contribution in [3.63, 3.8) is 0 Å². The average Bonchev–Trinajstić information content (AvgIpc) is 2.27. The summed E-state index contributed by atoms with van der Waals surface area (Å²) in [7, 11) is 4.20. The predicted molar refractivity (Wildman–Crippen MR) is 75.7 cm³/mol. The second-order valence-electron chi connectivity index (χ2n) is 6.55. The van der Waals surface area contributed by atoms with E-state index in [0.717, 1.165) is 38.1 Å².